The Morgan fingerprint density at radius 3 is 2.57 bits per heavy atom. The van der Waals surface area contributed by atoms with Crippen molar-refractivity contribution in [2.24, 2.45) is 5.14 Å². The van der Waals surface area contributed by atoms with Crippen molar-refractivity contribution in [3.63, 3.8) is 0 Å². The summed E-state index contributed by atoms with van der Waals surface area (Å²) in [7, 11) is -4.82. The van der Waals surface area contributed by atoms with E-state index in [0.29, 0.717) is 28.8 Å². The minimum atomic E-state index is -3.92. The van der Waals surface area contributed by atoms with Gasteiger partial charge in [-0.15, -0.1) is 0 Å². The van der Waals surface area contributed by atoms with Crippen molar-refractivity contribution < 1.29 is 17.4 Å². The lowest BCUT2D eigenvalue weighted by atomic mass is 10.1. The number of benzene rings is 1. The molecule has 0 spiro atoms. The van der Waals surface area contributed by atoms with Crippen molar-refractivity contribution in [2.45, 2.75) is 18.2 Å². The van der Waals surface area contributed by atoms with Crippen LogP contribution < -0.4 is 10.5 Å². The van der Waals surface area contributed by atoms with E-state index in [1.54, 1.807) is 19.2 Å². The van der Waals surface area contributed by atoms with E-state index < -0.39 is 26.7 Å². The fourth-order valence-electron chi connectivity index (χ4n) is 1.65. The number of amides is 1. The summed E-state index contributed by atoms with van der Waals surface area (Å²) in [5.41, 5.74) is 0.818. The molecule has 0 saturated carbocycles. The van der Waals surface area contributed by atoms with Gasteiger partial charge in [0.05, 0.1) is 4.90 Å². The van der Waals surface area contributed by atoms with E-state index in [9.17, 15) is 17.4 Å². The Hall–Kier alpha value is -0.770. The molecule has 1 amide bonds. The van der Waals surface area contributed by atoms with Crippen molar-refractivity contribution in [1.29, 1.82) is 0 Å². The van der Waals surface area contributed by atoms with Crippen molar-refractivity contribution >= 4 is 42.7 Å². The second-order valence-corrected chi connectivity index (χ2v) is 8.41. The number of carbonyl (C=O) groups is 1. The lowest BCUT2D eigenvalue weighted by Crippen LogP contribution is -2.26. The van der Waals surface area contributed by atoms with E-state index in [-0.39, 0.29) is 10.5 Å². The molecule has 0 aromatic heterocycles. The molecule has 0 bridgehead atoms. The van der Waals surface area contributed by atoms with Gasteiger partial charge < -0.3 is 5.32 Å². The highest BCUT2D eigenvalue weighted by molar-refractivity contribution is 9.10. The van der Waals surface area contributed by atoms with Gasteiger partial charge in [0.15, 0.2) is 0 Å². The van der Waals surface area contributed by atoms with Crippen molar-refractivity contribution in [2.75, 3.05) is 18.6 Å². The lowest BCUT2D eigenvalue weighted by molar-refractivity contribution is 0.0953. The van der Waals surface area contributed by atoms with Crippen LogP contribution in [0, 0.1) is 6.92 Å². The summed E-state index contributed by atoms with van der Waals surface area (Å²) >= 11 is 3.15. The topological polar surface area (TPSA) is 106 Å². The molecule has 0 aliphatic carbocycles. The molecule has 0 fully saturated rings. The Morgan fingerprint density at radius 2 is 2.05 bits per heavy atom. The molecule has 9 heteroatoms. The van der Waals surface area contributed by atoms with Crippen LogP contribution in [0.25, 0.3) is 0 Å². The van der Waals surface area contributed by atoms with Gasteiger partial charge in [-0.3, -0.25) is 9.00 Å². The number of sulfonamides is 1. The number of nitrogens with one attached hydrogen (secondary N) is 1. The number of hydrogen-bond acceptors (Lipinski definition) is 4. The van der Waals surface area contributed by atoms with Gasteiger partial charge in [-0.1, -0.05) is 0 Å². The predicted octanol–water partition coefficient (Wildman–Crippen LogP) is 0.903. The van der Waals surface area contributed by atoms with E-state index in [0.717, 1.165) is 0 Å². The number of nitrogens with two attached hydrogens (primary N) is 1. The molecule has 0 radical (unpaired) electrons. The second-order valence-electron chi connectivity index (χ2n) is 4.54. The van der Waals surface area contributed by atoms with E-state index in [2.05, 4.69) is 21.2 Å². The monoisotopic (exact) mass is 396 g/mol. The molecular weight excluding hydrogens is 380 g/mol. The number of primary sulfonamides is 1. The van der Waals surface area contributed by atoms with Crippen molar-refractivity contribution in [3.05, 3.63) is 27.7 Å². The first-order valence-electron chi connectivity index (χ1n) is 6.04. The third kappa shape index (κ3) is 5.50. The van der Waals surface area contributed by atoms with Crippen LogP contribution in [-0.4, -0.2) is 37.1 Å². The zero-order valence-electron chi connectivity index (χ0n) is 11.7. The summed E-state index contributed by atoms with van der Waals surface area (Å²) in [5, 5.41) is 7.78. The fourth-order valence-corrected chi connectivity index (χ4v) is 3.81. The summed E-state index contributed by atoms with van der Waals surface area (Å²) in [6, 6.07) is 2.81. The zero-order chi connectivity index (χ0) is 16.2. The first-order chi connectivity index (χ1) is 9.62. The van der Waals surface area contributed by atoms with Gasteiger partial charge in [0.2, 0.25) is 10.0 Å². The van der Waals surface area contributed by atoms with E-state index in [1.165, 1.54) is 6.07 Å². The Labute approximate surface area is 135 Å². The van der Waals surface area contributed by atoms with Crippen molar-refractivity contribution in [1.82, 2.24) is 5.32 Å². The first-order valence-corrected chi connectivity index (χ1v) is 10.1. The summed E-state index contributed by atoms with van der Waals surface area (Å²) in [5.74, 6) is 0.111. The molecule has 1 aromatic rings. The summed E-state index contributed by atoms with van der Waals surface area (Å²) < 4.78 is 34.3. The van der Waals surface area contributed by atoms with Crippen LogP contribution in [0.1, 0.15) is 22.3 Å². The van der Waals surface area contributed by atoms with Crippen LogP contribution in [0.3, 0.4) is 0 Å². The zero-order valence-corrected chi connectivity index (χ0v) is 14.9. The van der Waals surface area contributed by atoms with Gasteiger partial charge in [0.25, 0.3) is 5.91 Å². The van der Waals surface area contributed by atoms with Crippen LogP contribution in [0.2, 0.25) is 0 Å². The van der Waals surface area contributed by atoms with Crippen LogP contribution in [0.4, 0.5) is 0 Å². The minimum Gasteiger partial charge on any atom is -0.352 e. The largest absolute Gasteiger partial charge is 0.352 e. The van der Waals surface area contributed by atoms with Gasteiger partial charge in [-0.2, -0.15) is 0 Å². The molecule has 1 unspecified atom stereocenters. The number of halogens is 1. The fraction of sp³-hybridized carbons (Fsp3) is 0.417. The Morgan fingerprint density at radius 1 is 1.43 bits per heavy atom. The molecule has 0 saturated heterocycles. The molecule has 0 aliphatic rings. The maximum atomic E-state index is 12.0. The Kier molecular flexibility index (Phi) is 6.51. The molecule has 6 nitrogen and oxygen atoms in total. The minimum absolute atomic E-state index is 0.123. The quantitative estimate of drug-likeness (QED) is 0.696. The highest BCUT2D eigenvalue weighted by atomic mass is 79.9. The molecule has 118 valence electrons. The molecule has 0 heterocycles. The SMILES string of the molecule is Cc1cc(C(=O)NCCCS(C)=O)cc(S(N)(=O)=O)c1Br. The van der Waals surface area contributed by atoms with Crippen LogP contribution in [-0.2, 0) is 20.8 Å². The Bertz CT molecular complexity index is 674. The maximum absolute atomic E-state index is 12.0. The lowest BCUT2D eigenvalue weighted by Gasteiger charge is -2.10. The van der Waals surface area contributed by atoms with Gasteiger partial charge in [-0.05, 0) is 47.0 Å². The molecular formula is C12H17BrN2O4S2. The smallest absolute Gasteiger partial charge is 0.251 e. The van der Waals surface area contributed by atoms with Crippen LogP contribution in [0.15, 0.2) is 21.5 Å². The predicted molar refractivity (Wildman–Crippen MR) is 86.1 cm³/mol. The van der Waals surface area contributed by atoms with E-state index in [1.807, 2.05) is 0 Å². The maximum Gasteiger partial charge on any atom is 0.251 e. The third-order valence-electron chi connectivity index (χ3n) is 2.68. The average molecular weight is 397 g/mol. The van der Waals surface area contributed by atoms with E-state index >= 15 is 0 Å². The standard InChI is InChI=1S/C12H17BrN2O4S2/c1-8-6-9(7-10(11(8)13)21(14,18)19)12(16)15-4-3-5-20(2)17/h6-7H,3-5H2,1-2H3,(H,15,16)(H2,14,18,19). The van der Waals surface area contributed by atoms with Crippen LogP contribution in [0.5, 0.6) is 0 Å². The van der Waals surface area contributed by atoms with Gasteiger partial charge in [0.1, 0.15) is 0 Å². The molecule has 21 heavy (non-hydrogen) atoms. The molecule has 1 aromatic carbocycles. The highest BCUT2D eigenvalue weighted by Gasteiger charge is 2.18. The van der Waals surface area contributed by atoms with Gasteiger partial charge in [0, 0.05) is 39.4 Å². The number of hydrogen-bond donors (Lipinski definition) is 2. The van der Waals surface area contributed by atoms with E-state index in [4.69, 9.17) is 5.14 Å². The first kappa shape index (κ1) is 18.3. The molecule has 0 aliphatic heterocycles. The molecule has 1 atom stereocenters. The normalized spacial score (nSPS) is 13.0. The Balaban J connectivity index is 2.91. The third-order valence-corrected chi connectivity index (χ3v) is 5.80. The van der Waals surface area contributed by atoms with Crippen LogP contribution >= 0.6 is 15.9 Å². The number of rotatable bonds is 6. The molecule has 1 rings (SSSR count). The summed E-state index contributed by atoms with van der Waals surface area (Å²) in [6.45, 7) is 2.05. The average Bonchev–Trinajstić information content (AvgIpc) is 2.35. The summed E-state index contributed by atoms with van der Waals surface area (Å²) in [6.07, 6.45) is 2.19. The van der Waals surface area contributed by atoms with Gasteiger partial charge in [-0.25, -0.2) is 13.6 Å². The van der Waals surface area contributed by atoms with Gasteiger partial charge >= 0.3 is 0 Å². The highest BCUT2D eigenvalue weighted by Crippen LogP contribution is 2.26. The number of carbonyl (C=O) groups excluding carboxylic acids is 1. The number of aryl methyl sites for hydroxylation is 1. The second kappa shape index (κ2) is 7.48. The summed E-state index contributed by atoms with van der Waals surface area (Å²) in [4.78, 5) is 11.9. The molecule has 3 N–H and O–H groups in total. The van der Waals surface area contributed by atoms with Crippen molar-refractivity contribution in [3.8, 4) is 0 Å².